The van der Waals surface area contributed by atoms with Crippen LogP contribution >= 0.6 is 23.4 Å². The molecular weight excluding hydrogens is 414 g/mol. The molecule has 1 amide bonds. The van der Waals surface area contributed by atoms with Gasteiger partial charge in [0, 0.05) is 10.7 Å². The molecule has 0 atom stereocenters. The van der Waals surface area contributed by atoms with Gasteiger partial charge in [0.1, 0.15) is 5.75 Å². The zero-order valence-electron chi connectivity index (χ0n) is 15.4. The van der Waals surface area contributed by atoms with Gasteiger partial charge in [0.15, 0.2) is 0 Å². The van der Waals surface area contributed by atoms with E-state index < -0.39 is 0 Å². The lowest BCUT2D eigenvalue weighted by Crippen LogP contribution is -2.16. The van der Waals surface area contributed by atoms with Gasteiger partial charge < -0.3 is 15.9 Å². The van der Waals surface area contributed by atoms with E-state index in [1.165, 1.54) is 4.68 Å². The van der Waals surface area contributed by atoms with Gasteiger partial charge in [0.25, 0.3) is 5.95 Å². The highest BCUT2D eigenvalue weighted by atomic mass is 35.5. The molecule has 0 bridgehead atoms. The van der Waals surface area contributed by atoms with Gasteiger partial charge in [-0.3, -0.25) is 4.79 Å². The number of benzene rings is 2. The summed E-state index contributed by atoms with van der Waals surface area (Å²) in [7, 11) is 1.60. The lowest BCUT2D eigenvalue weighted by molar-refractivity contribution is -0.113. The summed E-state index contributed by atoms with van der Waals surface area (Å²) in [6, 6.07) is 14.3. The molecule has 9 nitrogen and oxygen atoms in total. The number of methoxy groups -OCH3 is 1. The molecule has 0 unspecified atom stereocenters. The van der Waals surface area contributed by atoms with E-state index in [0.29, 0.717) is 15.9 Å². The van der Waals surface area contributed by atoms with Crippen LogP contribution in [0.15, 0.2) is 58.8 Å². The Kier molecular flexibility index (Phi) is 6.93. The Morgan fingerprint density at radius 3 is 2.93 bits per heavy atom. The maximum absolute atomic E-state index is 12.1. The minimum atomic E-state index is -0.217. The second-order valence-corrected chi connectivity index (χ2v) is 7.05. The third-order valence-electron chi connectivity index (χ3n) is 3.58. The zero-order chi connectivity index (χ0) is 20.6. The monoisotopic (exact) mass is 431 g/mol. The molecule has 0 fully saturated rings. The van der Waals surface area contributed by atoms with Crippen LogP contribution in [0, 0.1) is 0 Å². The second-order valence-electron chi connectivity index (χ2n) is 5.67. The first kappa shape index (κ1) is 20.5. The highest BCUT2D eigenvalue weighted by Crippen LogP contribution is 2.19. The van der Waals surface area contributed by atoms with Gasteiger partial charge in [-0.1, -0.05) is 41.6 Å². The molecule has 11 heteroatoms. The minimum Gasteiger partial charge on any atom is -0.497 e. The second kappa shape index (κ2) is 9.80. The summed E-state index contributed by atoms with van der Waals surface area (Å²) in [6.45, 7) is 0. The van der Waals surface area contributed by atoms with Crippen molar-refractivity contribution in [2.75, 3.05) is 29.4 Å². The Labute approximate surface area is 176 Å². The van der Waals surface area contributed by atoms with Crippen LogP contribution in [0.2, 0.25) is 5.02 Å². The first-order valence-electron chi connectivity index (χ1n) is 8.37. The number of nitrogens with zero attached hydrogens (tertiary/aromatic N) is 4. The third kappa shape index (κ3) is 5.87. The van der Waals surface area contributed by atoms with E-state index in [9.17, 15) is 4.79 Å². The van der Waals surface area contributed by atoms with Crippen molar-refractivity contribution in [3.05, 3.63) is 59.1 Å². The molecule has 0 aliphatic carbocycles. The van der Waals surface area contributed by atoms with Crippen LogP contribution in [0.25, 0.3) is 0 Å². The van der Waals surface area contributed by atoms with Gasteiger partial charge in [-0.15, -0.1) is 10.2 Å². The predicted octanol–water partition coefficient (Wildman–Crippen LogP) is 2.83. The predicted molar refractivity (Wildman–Crippen MR) is 115 cm³/mol. The Balaban J connectivity index is 1.53. The largest absolute Gasteiger partial charge is 0.497 e. The van der Waals surface area contributed by atoms with E-state index in [0.717, 1.165) is 23.1 Å². The van der Waals surface area contributed by atoms with Gasteiger partial charge >= 0.3 is 0 Å². The number of carbonyl (C=O) groups is 1. The summed E-state index contributed by atoms with van der Waals surface area (Å²) in [5, 5.41) is 15.6. The molecule has 0 radical (unpaired) electrons. The molecule has 3 rings (SSSR count). The van der Waals surface area contributed by atoms with Crippen LogP contribution in [0.4, 0.5) is 11.6 Å². The van der Waals surface area contributed by atoms with Crippen molar-refractivity contribution in [2.45, 2.75) is 5.16 Å². The van der Waals surface area contributed by atoms with Crippen molar-refractivity contribution in [1.29, 1.82) is 0 Å². The van der Waals surface area contributed by atoms with Gasteiger partial charge in [-0.25, -0.2) is 10.1 Å². The fraction of sp³-hybridized carbons (Fsp3) is 0.111. The molecule has 0 aliphatic rings. The van der Waals surface area contributed by atoms with Gasteiger partial charge in [0.2, 0.25) is 11.1 Å². The average Bonchev–Trinajstić information content (AvgIpc) is 3.06. The summed E-state index contributed by atoms with van der Waals surface area (Å²) < 4.78 is 6.38. The van der Waals surface area contributed by atoms with E-state index in [1.807, 2.05) is 24.3 Å². The molecule has 0 aliphatic heterocycles. The minimum absolute atomic E-state index is 0.106. The van der Waals surface area contributed by atoms with E-state index in [-0.39, 0.29) is 17.6 Å². The van der Waals surface area contributed by atoms with E-state index in [1.54, 1.807) is 37.6 Å². The van der Waals surface area contributed by atoms with Gasteiger partial charge in [-0.2, -0.15) is 5.10 Å². The van der Waals surface area contributed by atoms with Crippen LogP contribution in [0.1, 0.15) is 5.56 Å². The van der Waals surface area contributed by atoms with E-state index >= 15 is 0 Å². The topological polar surface area (TPSA) is 119 Å². The number of hydrogen-bond acceptors (Lipinski definition) is 8. The molecule has 0 saturated heterocycles. The summed E-state index contributed by atoms with van der Waals surface area (Å²) in [5.74, 6) is 6.81. The molecule has 0 spiro atoms. The number of halogens is 1. The number of carbonyl (C=O) groups excluding carboxylic acids is 1. The normalized spacial score (nSPS) is 10.8. The lowest BCUT2D eigenvalue weighted by Gasteiger charge is -2.05. The van der Waals surface area contributed by atoms with Crippen molar-refractivity contribution in [3.63, 3.8) is 0 Å². The molecule has 1 heterocycles. The Morgan fingerprint density at radius 1 is 1.31 bits per heavy atom. The first-order chi connectivity index (χ1) is 14.0. The summed E-state index contributed by atoms with van der Waals surface area (Å²) in [5.41, 5.74) is 4.17. The molecule has 2 aromatic carbocycles. The fourth-order valence-electron chi connectivity index (χ4n) is 2.23. The summed E-state index contributed by atoms with van der Waals surface area (Å²) in [4.78, 5) is 12.1. The SMILES string of the molecule is COc1cccc(/C=N/Nc2nnc(SCC(=O)Nc3cccc(Cl)c3)n2N)c1. The van der Waals surface area contributed by atoms with Crippen molar-refractivity contribution in [1.82, 2.24) is 14.9 Å². The van der Waals surface area contributed by atoms with Crippen molar-refractivity contribution >= 4 is 47.1 Å². The number of nitrogens with two attached hydrogens (primary N) is 1. The summed E-state index contributed by atoms with van der Waals surface area (Å²) >= 11 is 7.05. The molecule has 0 saturated carbocycles. The molecule has 3 aromatic rings. The Bertz CT molecular complexity index is 1020. The number of rotatable bonds is 8. The molecule has 4 N–H and O–H groups in total. The number of hydrogen-bond donors (Lipinski definition) is 3. The molecule has 1 aromatic heterocycles. The smallest absolute Gasteiger partial charge is 0.264 e. The van der Waals surface area contributed by atoms with Crippen molar-refractivity contribution in [2.24, 2.45) is 5.10 Å². The maximum Gasteiger partial charge on any atom is 0.264 e. The molecule has 29 heavy (non-hydrogen) atoms. The quantitative estimate of drug-likeness (QED) is 0.217. The van der Waals surface area contributed by atoms with Crippen LogP contribution in [0.3, 0.4) is 0 Å². The zero-order valence-corrected chi connectivity index (χ0v) is 16.9. The van der Waals surface area contributed by atoms with Crippen molar-refractivity contribution < 1.29 is 9.53 Å². The van der Waals surface area contributed by atoms with Gasteiger partial charge in [0.05, 0.1) is 19.1 Å². The average molecular weight is 432 g/mol. The summed E-state index contributed by atoms with van der Waals surface area (Å²) in [6.07, 6.45) is 1.60. The molecular formula is C18H18ClN7O2S. The standard InChI is InChI=1S/C18H18ClN7O2S/c1-28-15-7-2-4-12(8-15)10-21-23-17-24-25-18(26(17)20)29-11-16(27)22-14-6-3-5-13(19)9-14/h2-10H,11,20H2,1H3,(H,22,27)(H,23,24)/b21-10+. The number of thioether (sulfide) groups is 1. The fourth-order valence-corrected chi connectivity index (χ4v) is 3.08. The number of nitrogen functional groups attached to an aromatic ring is 1. The number of nitrogens with one attached hydrogen (secondary N) is 2. The number of ether oxygens (including phenoxy) is 1. The van der Waals surface area contributed by atoms with E-state index in [2.05, 4.69) is 26.0 Å². The maximum atomic E-state index is 12.1. The number of anilines is 2. The van der Waals surface area contributed by atoms with Crippen LogP contribution in [-0.4, -0.2) is 39.9 Å². The van der Waals surface area contributed by atoms with Crippen LogP contribution < -0.4 is 21.3 Å². The highest BCUT2D eigenvalue weighted by Gasteiger charge is 2.12. The third-order valence-corrected chi connectivity index (χ3v) is 4.76. The lowest BCUT2D eigenvalue weighted by atomic mass is 10.2. The Morgan fingerprint density at radius 2 is 2.14 bits per heavy atom. The number of amides is 1. The van der Waals surface area contributed by atoms with Crippen LogP contribution in [0.5, 0.6) is 5.75 Å². The Hall–Kier alpha value is -3.24. The van der Waals surface area contributed by atoms with Gasteiger partial charge in [-0.05, 0) is 35.9 Å². The first-order valence-corrected chi connectivity index (χ1v) is 9.73. The highest BCUT2D eigenvalue weighted by molar-refractivity contribution is 7.99. The molecule has 150 valence electrons. The number of aromatic nitrogens is 3. The van der Waals surface area contributed by atoms with Crippen LogP contribution in [-0.2, 0) is 4.79 Å². The van der Waals surface area contributed by atoms with Crippen molar-refractivity contribution in [3.8, 4) is 5.75 Å². The number of hydrazone groups is 1. The van der Waals surface area contributed by atoms with E-state index in [4.69, 9.17) is 22.2 Å².